The van der Waals surface area contributed by atoms with Gasteiger partial charge in [-0.05, 0) is 43.2 Å². The third-order valence-corrected chi connectivity index (χ3v) is 5.77. The van der Waals surface area contributed by atoms with E-state index in [1.54, 1.807) is 0 Å². The van der Waals surface area contributed by atoms with E-state index in [0.717, 1.165) is 58.9 Å². The number of rotatable bonds is 1. The molecule has 1 spiro atoms. The maximum absolute atomic E-state index is 12.8. The second kappa shape index (κ2) is 5.68. The van der Waals surface area contributed by atoms with Crippen molar-refractivity contribution in [3.05, 3.63) is 53.7 Å². The van der Waals surface area contributed by atoms with E-state index in [1.165, 1.54) is 0 Å². The van der Waals surface area contributed by atoms with Crippen molar-refractivity contribution in [1.29, 1.82) is 0 Å². The molecular formula is C20H19ClN4O. The van der Waals surface area contributed by atoms with Crippen LogP contribution in [0.3, 0.4) is 0 Å². The van der Waals surface area contributed by atoms with Crippen molar-refractivity contribution in [2.45, 2.75) is 18.4 Å². The molecule has 0 saturated carbocycles. The van der Waals surface area contributed by atoms with Gasteiger partial charge in [-0.3, -0.25) is 4.79 Å². The van der Waals surface area contributed by atoms with Gasteiger partial charge in [-0.2, -0.15) is 0 Å². The van der Waals surface area contributed by atoms with Crippen LogP contribution in [-0.4, -0.2) is 29.5 Å². The molecule has 2 aliphatic heterocycles. The van der Waals surface area contributed by atoms with E-state index in [9.17, 15) is 4.79 Å². The minimum absolute atomic E-state index is 0.0636. The van der Waals surface area contributed by atoms with Gasteiger partial charge in [0.15, 0.2) is 0 Å². The van der Waals surface area contributed by atoms with Gasteiger partial charge in [0.05, 0.1) is 11.4 Å². The summed E-state index contributed by atoms with van der Waals surface area (Å²) < 4.78 is 0. The molecule has 5 rings (SSSR count). The molecule has 26 heavy (non-hydrogen) atoms. The SMILES string of the molecule is O=C1Nc2ccccc2NC12CCN(c1cc(Cl)cc3[nH]ccc13)CC2. The van der Waals surface area contributed by atoms with Gasteiger partial charge in [-0.25, -0.2) is 0 Å². The lowest BCUT2D eigenvalue weighted by Gasteiger charge is -2.45. The highest BCUT2D eigenvalue weighted by Crippen LogP contribution is 2.39. The Morgan fingerprint density at radius 1 is 1.04 bits per heavy atom. The molecule has 6 heteroatoms. The Balaban J connectivity index is 1.43. The van der Waals surface area contributed by atoms with Crippen LogP contribution in [0.2, 0.25) is 5.02 Å². The van der Waals surface area contributed by atoms with Crippen molar-refractivity contribution < 1.29 is 4.79 Å². The number of amides is 1. The molecule has 0 unspecified atom stereocenters. The molecule has 2 aromatic carbocycles. The summed E-state index contributed by atoms with van der Waals surface area (Å²) >= 11 is 6.30. The van der Waals surface area contributed by atoms with Gasteiger partial charge >= 0.3 is 0 Å². The lowest BCUT2D eigenvalue weighted by Crippen LogP contribution is -2.58. The van der Waals surface area contributed by atoms with Gasteiger partial charge in [0, 0.05) is 40.9 Å². The zero-order valence-corrected chi connectivity index (χ0v) is 14.9. The molecule has 0 bridgehead atoms. The Morgan fingerprint density at radius 3 is 2.62 bits per heavy atom. The Kier molecular flexibility index (Phi) is 3.40. The summed E-state index contributed by atoms with van der Waals surface area (Å²) in [5.41, 5.74) is 3.47. The first-order chi connectivity index (χ1) is 12.6. The lowest BCUT2D eigenvalue weighted by molar-refractivity contribution is -0.121. The number of para-hydroxylation sites is 2. The molecule has 1 saturated heterocycles. The summed E-state index contributed by atoms with van der Waals surface area (Å²) in [6, 6.07) is 13.9. The maximum Gasteiger partial charge on any atom is 0.250 e. The molecule has 0 atom stereocenters. The lowest BCUT2D eigenvalue weighted by atomic mass is 9.84. The third-order valence-electron chi connectivity index (χ3n) is 5.55. The van der Waals surface area contributed by atoms with E-state index < -0.39 is 5.54 Å². The molecule has 3 heterocycles. The van der Waals surface area contributed by atoms with Crippen LogP contribution in [0.4, 0.5) is 17.1 Å². The number of carbonyl (C=O) groups excluding carboxylic acids is 1. The second-order valence-corrected chi connectivity index (χ2v) is 7.49. The Labute approximate surface area is 156 Å². The van der Waals surface area contributed by atoms with Crippen LogP contribution in [-0.2, 0) is 4.79 Å². The molecular weight excluding hydrogens is 348 g/mol. The number of benzene rings is 2. The third kappa shape index (κ3) is 2.35. The Morgan fingerprint density at radius 2 is 1.81 bits per heavy atom. The number of carbonyl (C=O) groups is 1. The number of anilines is 3. The van der Waals surface area contributed by atoms with Crippen LogP contribution < -0.4 is 15.5 Å². The van der Waals surface area contributed by atoms with Crippen molar-refractivity contribution >= 4 is 45.5 Å². The summed E-state index contributed by atoms with van der Waals surface area (Å²) in [5.74, 6) is 0.0636. The van der Waals surface area contributed by atoms with Gasteiger partial charge in [0.1, 0.15) is 5.54 Å². The first kappa shape index (κ1) is 15.6. The number of piperidine rings is 1. The molecule has 1 fully saturated rings. The number of H-pyrrole nitrogens is 1. The van der Waals surface area contributed by atoms with Gasteiger partial charge in [0.2, 0.25) is 5.91 Å². The predicted octanol–water partition coefficient (Wildman–Crippen LogP) is 4.22. The van der Waals surface area contributed by atoms with Crippen LogP contribution >= 0.6 is 11.6 Å². The van der Waals surface area contributed by atoms with Crippen molar-refractivity contribution in [1.82, 2.24) is 4.98 Å². The molecule has 2 aliphatic rings. The van der Waals surface area contributed by atoms with Crippen molar-refractivity contribution in [2.75, 3.05) is 28.6 Å². The number of fused-ring (bicyclic) bond motifs is 2. The molecule has 1 amide bonds. The van der Waals surface area contributed by atoms with E-state index in [0.29, 0.717) is 0 Å². The normalized spacial score (nSPS) is 18.5. The smallest absolute Gasteiger partial charge is 0.250 e. The summed E-state index contributed by atoms with van der Waals surface area (Å²) in [4.78, 5) is 18.3. The van der Waals surface area contributed by atoms with E-state index in [-0.39, 0.29) is 5.91 Å². The Bertz CT molecular complexity index is 1000. The topological polar surface area (TPSA) is 60.2 Å². The van der Waals surface area contributed by atoms with Gasteiger partial charge < -0.3 is 20.5 Å². The molecule has 5 nitrogen and oxygen atoms in total. The zero-order chi connectivity index (χ0) is 17.7. The standard InChI is InChI=1S/C20H19ClN4O/c21-13-11-17-14(5-8-22-17)18(12-13)25-9-6-20(7-10-25)19(26)23-15-3-1-2-4-16(15)24-20/h1-5,8,11-12,22,24H,6-7,9-10H2,(H,23,26). The first-order valence-electron chi connectivity index (χ1n) is 8.85. The van der Waals surface area contributed by atoms with Crippen LogP contribution in [0.1, 0.15) is 12.8 Å². The van der Waals surface area contributed by atoms with Crippen LogP contribution in [0.15, 0.2) is 48.7 Å². The highest BCUT2D eigenvalue weighted by atomic mass is 35.5. The van der Waals surface area contributed by atoms with E-state index in [4.69, 9.17) is 11.6 Å². The highest BCUT2D eigenvalue weighted by molar-refractivity contribution is 6.31. The predicted molar refractivity (Wildman–Crippen MR) is 106 cm³/mol. The number of halogens is 1. The van der Waals surface area contributed by atoms with Gasteiger partial charge in [-0.1, -0.05) is 23.7 Å². The summed E-state index contributed by atoms with van der Waals surface area (Å²) in [5, 5.41) is 8.45. The fourth-order valence-electron chi connectivity index (χ4n) is 4.11. The minimum atomic E-state index is -0.541. The van der Waals surface area contributed by atoms with E-state index in [2.05, 4.69) is 26.6 Å². The number of aromatic nitrogens is 1. The van der Waals surface area contributed by atoms with E-state index >= 15 is 0 Å². The number of hydrogen-bond acceptors (Lipinski definition) is 3. The fourth-order valence-corrected chi connectivity index (χ4v) is 4.33. The van der Waals surface area contributed by atoms with Crippen molar-refractivity contribution in [3.8, 4) is 0 Å². The van der Waals surface area contributed by atoms with Crippen LogP contribution in [0.25, 0.3) is 10.9 Å². The van der Waals surface area contributed by atoms with Gasteiger partial charge in [-0.15, -0.1) is 0 Å². The quantitative estimate of drug-likeness (QED) is 0.604. The molecule has 1 aromatic heterocycles. The van der Waals surface area contributed by atoms with E-state index in [1.807, 2.05) is 42.6 Å². The van der Waals surface area contributed by atoms with Crippen molar-refractivity contribution in [3.63, 3.8) is 0 Å². The minimum Gasteiger partial charge on any atom is -0.371 e. The van der Waals surface area contributed by atoms with Crippen LogP contribution in [0, 0.1) is 0 Å². The average molecular weight is 367 g/mol. The number of hydrogen-bond donors (Lipinski definition) is 3. The summed E-state index contributed by atoms with van der Waals surface area (Å²) in [7, 11) is 0. The molecule has 0 aliphatic carbocycles. The summed E-state index contributed by atoms with van der Waals surface area (Å²) in [6.07, 6.45) is 3.42. The molecule has 0 radical (unpaired) electrons. The fraction of sp³-hybridized carbons (Fsp3) is 0.250. The van der Waals surface area contributed by atoms with Crippen LogP contribution in [0.5, 0.6) is 0 Å². The maximum atomic E-state index is 12.8. The first-order valence-corrected chi connectivity index (χ1v) is 9.23. The highest BCUT2D eigenvalue weighted by Gasteiger charge is 2.44. The monoisotopic (exact) mass is 366 g/mol. The number of nitrogens with one attached hydrogen (secondary N) is 3. The number of nitrogens with zero attached hydrogens (tertiary/aromatic N) is 1. The second-order valence-electron chi connectivity index (χ2n) is 7.06. The largest absolute Gasteiger partial charge is 0.371 e. The molecule has 3 N–H and O–H groups in total. The zero-order valence-electron chi connectivity index (χ0n) is 14.2. The Hall–Kier alpha value is -2.66. The summed E-state index contributed by atoms with van der Waals surface area (Å²) in [6.45, 7) is 1.59. The van der Waals surface area contributed by atoms with Gasteiger partial charge in [0.25, 0.3) is 0 Å². The molecule has 132 valence electrons. The number of aromatic amines is 1. The van der Waals surface area contributed by atoms with Crippen molar-refractivity contribution in [2.24, 2.45) is 0 Å². The molecule has 3 aromatic rings. The average Bonchev–Trinajstić information content (AvgIpc) is 3.11.